The summed E-state index contributed by atoms with van der Waals surface area (Å²) in [4.78, 5) is 0. The van der Waals surface area contributed by atoms with Gasteiger partial charge in [0.25, 0.3) is 0 Å². The number of hydrogen-bond donors (Lipinski definition) is 1. The molecule has 0 bridgehead atoms. The minimum absolute atomic E-state index is 0.264. The Morgan fingerprint density at radius 2 is 2.50 bits per heavy atom. The Labute approximate surface area is 60.1 Å². The van der Waals surface area contributed by atoms with E-state index in [4.69, 9.17) is 9.84 Å². The predicted molar refractivity (Wildman–Crippen MR) is 37.7 cm³/mol. The first-order valence-electron chi connectivity index (χ1n) is 3.01. The monoisotopic (exact) mass is 137 g/mol. The summed E-state index contributed by atoms with van der Waals surface area (Å²) < 4.78 is 4.83. The normalized spacial score (nSPS) is 9.70. The van der Waals surface area contributed by atoms with Crippen molar-refractivity contribution in [3.8, 4) is 5.75 Å². The van der Waals surface area contributed by atoms with E-state index < -0.39 is 0 Å². The molecule has 1 aromatic carbocycles. The van der Waals surface area contributed by atoms with Crippen LogP contribution in [0.25, 0.3) is 0 Å². The molecule has 2 heteroatoms. The SMILES string of the molecule is COCc1c[c]ccc1O. The largest absolute Gasteiger partial charge is 0.508 e. The van der Waals surface area contributed by atoms with Crippen LogP contribution in [0.15, 0.2) is 18.2 Å². The van der Waals surface area contributed by atoms with Gasteiger partial charge in [-0.05, 0) is 18.2 Å². The molecule has 1 radical (unpaired) electrons. The molecule has 0 atom stereocenters. The highest BCUT2D eigenvalue weighted by Gasteiger charge is 1.95. The summed E-state index contributed by atoms with van der Waals surface area (Å²) in [5.41, 5.74) is 0.769. The van der Waals surface area contributed by atoms with Crippen molar-refractivity contribution in [2.75, 3.05) is 7.11 Å². The number of phenolic OH excluding ortho intramolecular Hbond substituents is 1. The Hall–Kier alpha value is -1.02. The lowest BCUT2D eigenvalue weighted by Crippen LogP contribution is -1.86. The zero-order chi connectivity index (χ0) is 7.40. The van der Waals surface area contributed by atoms with Gasteiger partial charge in [-0.1, -0.05) is 6.07 Å². The molecule has 0 aliphatic carbocycles. The Morgan fingerprint density at radius 3 is 3.10 bits per heavy atom. The Bertz CT molecular complexity index is 208. The number of phenols is 1. The maximum Gasteiger partial charge on any atom is 0.121 e. The van der Waals surface area contributed by atoms with Crippen LogP contribution in [0, 0.1) is 6.07 Å². The van der Waals surface area contributed by atoms with E-state index in [1.807, 2.05) is 0 Å². The topological polar surface area (TPSA) is 29.5 Å². The van der Waals surface area contributed by atoms with Crippen molar-refractivity contribution in [1.82, 2.24) is 0 Å². The van der Waals surface area contributed by atoms with Gasteiger partial charge < -0.3 is 9.84 Å². The third kappa shape index (κ3) is 1.48. The summed E-state index contributed by atoms with van der Waals surface area (Å²) in [6.07, 6.45) is 0. The maximum absolute atomic E-state index is 9.14. The van der Waals surface area contributed by atoms with Gasteiger partial charge in [0.05, 0.1) is 6.61 Å². The first kappa shape index (κ1) is 7.09. The third-order valence-electron chi connectivity index (χ3n) is 1.22. The van der Waals surface area contributed by atoms with Crippen LogP contribution >= 0.6 is 0 Å². The van der Waals surface area contributed by atoms with E-state index in [2.05, 4.69) is 6.07 Å². The Kier molecular flexibility index (Phi) is 2.29. The average Bonchev–Trinajstić information content (AvgIpc) is 1.94. The van der Waals surface area contributed by atoms with Crippen LogP contribution in [0.5, 0.6) is 5.75 Å². The van der Waals surface area contributed by atoms with E-state index in [1.165, 1.54) is 0 Å². The molecule has 1 N–H and O–H groups in total. The molecule has 1 rings (SSSR count). The molecule has 0 saturated carbocycles. The zero-order valence-electron chi connectivity index (χ0n) is 5.79. The van der Waals surface area contributed by atoms with Gasteiger partial charge in [0, 0.05) is 12.7 Å². The summed E-state index contributed by atoms with van der Waals surface area (Å²) in [7, 11) is 1.59. The van der Waals surface area contributed by atoms with Gasteiger partial charge in [-0.25, -0.2) is 0 Å². The summed E-state index contributed by atoms with van der Waals surface area (Å²) in [6, 6.07) is 7.81. The van der Waals surface area contributed by atoms with Gasteiger partial charge in [-0.2, -0.15) is 0 Å². The van der Waals surface area contributed by atoms with E-state index in [0.29, 0.717) is 6.61 Å². The summed E-state index contributed by atoms with van der Waals surface area (Å²) in [6.45, 7) is 0.434. The molecule has 2 nitrogen and oxygen atoms in total. The van der Waals surface area contributed by atoms with Gasteiger partial charge in [-0.15, -0.1) is 0 Å². The van der Waals surface area contributed by atoms with Crippen LogP contribution in [0.2, 0.25) is 0 Å². The molecule has 0 aliphatic heterocycles. The van der Waals surface area contributed by atoms with Gasteiger partial charge in [0.15, 0.2) is 0 Å². The predicted octanol–water partition coefficient (Wildman–Crippen LogP) is 1.34. The van der Waals surface area contributed by atoms with Crippen molar-refractivity contribution < 1.29 is 9.84 Å². The Balaban J connectivity index is 2.81. The maximum atomic E-state index is 9.14. The molecule has 0 saturated heterocycles. The van der Waals surface area contributed by atoms with Crippen LogP contribution in [0.1, 0.15) is 5.56 Å². The minimum atomic E-state index is 0.264. The number of methoxy groups -OCH3 is 1. The smallest absolute Gasteiger partial charge is 0.121 e. The molecule has 53 valence electrons. The fraction of sp³-hybridized carbons (Fsp3) is 0.250. The van der Waals surface area contributed by atoms with Crippen molar-refractivity contribution in [2.24, 2.45) is 0 Å². The summed E-state index contributed by atoms with van der Waals surface area (Å²) in [5.74, 6) is 0.264. The van der Waals surface area contributed by atoms with Crippen molar-refractivity contribution in [1.29, 1.82) is 0 Å². The molecule has 0 aromatic heterocycles. The van der Waals surface area contributed by atoms with Crippen LogP contribution < -0.4 is 0 Å². The lowest BCUT2D eigenvalue weighted by molar-refractivity contribution is 0.182. The second-order valence-corrected chi connectivity index (χ2v) is 1.99. The molecule has 0 spiro atoms. The molecular formula is C8H9O2. The number of hydrogen-bond acceptors (Lipinski definition) is 2. The van der Waals surface area contributed by atoms with Gasteiger partial charge in [-0.3, -0.25) is 0 Å². The van der Waals surface area contributed by atoms with Gasteiger partial charge >= 0.3 is 0 Å². The molecule has 0 aliphatic rings. The molecule has 0 heterocycles. The van der Waals surface area contributed by atoms with E-state index >= 15 is 0 Å². The second kappa shape index (κ2) is 3.22. The van der Waals surface area contributed by atoms with Gasteiger partial charge in [0.2, 0.25) is 0 Å². The van der Waals surface area contributed by atoms with E-state index in [9.17, 15) is 0 Å². The van der Waals surface area contributed by atoms with E-state index in [1.54, 1.807) is 25.3 Å². The van der Waals surface area contributed by atoms with E-state index in [-0.39, 0.29) is 5.75 Å². The van der Waals surface area contributed by atoms with Crippen LogP contribution in [-0.4, -0.2) is 12.2 Å². The fourth-order valence-corrected chi connectivity index (χ4v) is 0.728. The number of ether oxygens (including phenoxy) is 1. The van der Waals surface area contributed by atoms with Crippen LogP contribution in [0.3, 0.4) is 0 Å². The average molecular weight is 137 g/mol. The van der Waals surface area contributed by atoms with Crippen molar-refractivity contribution >= 4 is 0 Å². The van der Waals surface area contributed by atoms with Gasteiger partial charge in [0.1, 0.15) is 5.75 Å². The summed E-state index contributed by atoms with van der Waals surface area (Å²) in [5, 5.41) is 9.14. The van der Waals surface area contributed by atoms with Crippen molar-refractivity contribution in [3.05, 3.63) is 29.8 Å². The lowest BCUT2D eigenvalue weighted by atomic mass is 10.2. The quantitative estimate of drug-likeness (QED) is 0.666. The Morgan fingerprint density at radius 1 is 1.70 bits per heavy atom. The minimum Gasteiger partial charge on any atom is -0.508 e. The first-order chi connectivity index (χ1) is 4.84. The molecule has 10 heavy (non-hydrogen) atoms. The second-order valence-electron chi connectivity index (χ2n) is 1.99. The molecule has 0 fully saturated rings. The van der Waals surface area contributed by atoms with Crippen LogP contribution in [0.4, 0.5) is 0 Å². The molecule has 0 unspecified atom stereocenters. The lowest BCUT2D eigenvalue weighted by Gasteiger charge is -2.00. The summed E-state index contributed by atoms with van der Waals surface area (Å²) >= 11 is 0. The number of rotatable bonds is 2. The highest BCUT2D eigenvalue weighted by molar-refractivity contribution is 5.30. The highest BCUT2D eigenvalue weighted by atomic mass is 16.5. The number of aromatic hydroxyl groups is 1. The van der Waals surface area contributed by atoms with Crippen molar-refractivity contribution in [3.63, 3.8) is 0 Å². The van der Waals surface area contributed by atoms with E-state index in [0.717, 1.165) is 5.56 Å². The molecule has 0 amide bonds. The third-order valence-corrected chi connectivity index (χ3v) is 1.22. The first-order valence-corrected chi connectivity index (χ1v) is 3.01. The standard InChI is InChI=1S/C8H9O2/c1-10-6-7-4-2-3-5-8(7)9/h3-5,9H,6H2,1H3. The zero-order valence-corrected chi connectivity index (χ0v) is 5.79. The number of benzene rings is 1. The highest BCUT2D eigenvalue weighted by Crippen LogP contribution is 2.15. The molecule has 1 aromatic rings. The van der Waals surface area contributed by atoms with Crippen LogP contribution in [-0.2, 0) is 11.3 Å². The molecular weight excluding hydrogens is 128 g/mol. The fourth-order valence-electron chi connectivity index (χ4n) is 0.728. The van der Waals surface area contributed by atoms with Crippen molar-refractivity contribution in [2.45, 2.75) is 6.61 Å².